The number of amides is 1. The van der Waals surface area contributed by atoms with Crippen LogP contribution in [-0.4, -0.2) is 23.5 Å². The Kier molecular flexibility index (Phi) is 2.78. The summed E-state index contributed by atoms with van der Waals surface area (Å²) >= 11 is 0. The Morgan fingerprint density at radius 1 is 1.62 bits per heavy atom. The van der Waals surface area contributed by atoms with Gasteiger partial charge in [0.1, 0.15) is 5.41 Å². The number of amidine groups is 1. The molecule has 0 aliphatic heterocycles. The van der Waals surface area contributed by atoms with Crippen molar-refractivity contribution in [2.45, 2.75) is 32.6 Å². The van der Waals surface area contributed by atoms with Crippen LogP contribution in [0.2, 0.25) is 0 Å². The number of nitrogens with zero attached hydrogens (tertiary/aromatic N) is 1. The summed E-state index contributed by atoms with van der Waals surface area (Å²) in [6, 6.07) is 0. The predicted octanol–water partition coefficient (Wildman–Crippen LogP) is 0.675. The Morgan fingerprint density at radius 3 is 2.62 bits per heavy atom. The van der Waals surface area contributed by atoms with Crippen molar-refractivity contribution in [3.63, 3.8) is 0 Å². The summed E-state index contributed by atoms with van der Waals surface area (Å²) in [5.74, 6) is 1.32. The first-order chi connectivity index (χ1) is 7.60. The molecule has 0 saturated heterocycles. The summed E-state index contributed by atoms with van der Waals surface area (Å²) in [6.45, 7) is 2.90. The van der Waals surface area contributed by atoms with Gasteiger partial charge in [0.25, 0.3) is 0 Å². The van der Waals surface area contributed by atoms with Gasteiger partial charge in [-0.15, -0.1) is 0 Å². The van der Waals surface area contributed by atoms with Crippen LogP contribution < -0.4 is 11.1 Å². The summed E-state index contributed by atoms with van der Waals surface area (Å²) in [6.07, 6.45) is 3.53. The van der Waals surface area contributed by atoms with Gasteiger partial charge in [0.05, 0.1) is 0 Å². The van der Waals surface area contributed by atoms with Crippen molar-refractivity contribution in [3.8, 4) is 0 Å². The molecule has 0 aromatic rings. The van der Waals surface area contributed by atoms with Crippen molar-refractivity contribution in [2.75, 3.05) is 6.54 Å². The molecule has 2 fully saturated rings. The van der Waals surface area contributed by atoms with Gasteiger partial charge in [0, 0.05) is 6.54 Å². The van der Waals surface area contributed by atoms with Gasteiger partial charge in [0.2, 0.25) is 5.91 Å². The van der Waals surface area contributed by atoms with Gasteiger partial charge >= 0.3 is 0 Å². The molecule has 0 heterocycles. The van der Waals surface area contributed by atoms with Crippen LogP contribution in [0.1, 0.15) is 32.6 Å². The van der Waals surface area contributed by atoms with E-state index >= 15 is 0 Å². The molecule has 0 radical (unpaired) electrons. The molecule has 2 aliphatic carbocycles. The lowest BCUT2D eigenvalue weighted by Gasteiger charge is -2.38. The lowest BCUT2D eigenvalue weighted by molar-refractivity contribution is -0.131. The maximum absolute atomic E-state index is 12.0. The van der Waals surface area contributed by atoms with Crippen molar-refractivity contribution in [3.05, 3.63) is 0 Å². The summed E-state index contributed by atoms with van der Waals surface area (Å²) in [5.41, 5.74) is 4.87. The van der Waals surface area contributed by atoms with Crippen LogP contribution in [-0.2, 0) is 4.79 Å². The third-order valence-corrected chi connectivity index (χ3v) is 4.04. The van der Waals surface area contributed by atoms with Crippen LogP contribution in [0.3, 0.4) is 0 Å². The van der Waals surface area contributed by atoms with Crippen LogP contribution >= 0.6 is 0 Å². The first kappa shape index (κ1) is 11.2. The van der Waals surface area contributed by atoms with Gasteiger partial charge in [-0.25, -0.2) is 0 Å². The highest BCUT2D eigenvalue weighted by Crippen LogP contribution is 2.42. The van der Waals surface area contributed by atoms with E-state index in [1.54, 1.807) is 0 Å². The lowest BCUT2D eigenvalue weighted by Crippen LogP contribution is -2.54. The smallest absolute Gasteiger partial charge is 0.233 e. The normalized spacial score (nSPS) is 31.7. The van der Waals surface area contributed by atoms with Crippen molar-refractivity contribution in [1.29, 1.82) is 0 Å². The molecular formula is C11H19N3O2. The Balaban J connectivity index is 1.91. The zero-order chi connectivity index (χ0) is 11.8. The molecule has 0 bridgehead atoms. The molecule has 0 aromatic carbocycles. The molecule has 16 heavy (non-hydrogen) atoms. The third kappa shape index (κ3) is 1.74. The Labute approximate surface area is 95.1 Å². The summed E-state index contributed by atoms with van der Waals surface area (Å²) in [4.78, 5) is 12.0. The van der Waals surface area contributed by atoms with Crippen LogP contribution in [0.5, 0.6) is 0 Å². The number of nitrogens with one attached hydrogen (secondary N) is 1. The average molecular weight is 225 g/mol. The van der Waals surface area contributed by atoms with E-state index in [1.807, 2.05) is 0 Å². The number of carbonyl (C=O) groups excluding carboxylic acids is 1. The monoisotopic (exact) mass is 225 g/mol. The van der Waals surface area contributed by atoms with Crippen molar-refractivity contribution < 1.29 is 10.0 Å². The second-order valence-electron chi connectivity index (χ2n) is 5.10. The van der Waals surface area contributed by atoms with Gasteiger partial charge < -0.3 is 16.3 Å². The standard InChI is InChI=1S/C11H19N3O2/c1-7-5-8(7)6-13-10(15)11(3-2-4-11)9(12)14-16/h7-8,16H,2-6H2,1H3,(H2,12,14)(H,13,15). The quantitative estimate of drug-likeness (QED) is 0.284. The first-order valence-electron chi connectivity index (χ1n) is 5.86. The molecule has 4 N–H and O–H groups in total. The summed E-state index contributed by atoms with van der Waals surface area (Å²) in [5, 5.41) is 14.6. The molecule has 1 amide bonds. The molecule has 2 unspecified atom stereocenters. The second kappa shape index (κ2) is 3.96. The van der Waals surface area contributed by atoms with Crippen LogP contribution in [0.15, 0.2) is 5.16 Å². The first-order valence-corrected chi connectivity index (χ1v) is 5.86. The Morgan fingerprint density at radius 2 is 2.25 bits per heavy atom. The maximum atomic E-state index is 12.0. The van der Waals surface area contributed by atoms with E-state index < -0.39 is 5.41 Å². The topological polar surface area (TPSA) is 87.7 Å². The minimum atomic E-state index is -0.729. The van der Waals surface area contributed by atoms with E-state index in [2.05, 4.69) is 17.4 Å². The fourth-order valence-corrected chi connectivity index (χ4v) is 2.30. The number of hydrogen-bond acceptors (Lipinski definition) is 3. The van der Waals surface area contributed by atoms with Gasteiger partial charge in [-0.05, 0) is 31.1 Å². The number of hydrogen-bond donors (Lipinski definition) is 3. The minimum absolute atomic E-state index is 0.0556. The van der Waals surface area contributed by atoms with Gasteiger partial charge in [-0.2, -0.15) is 0 Å². The number of nitrogens with two attached hydrogens (primary N) is 1. The highest BCUT2D eigenvalue weighted by molar-refractivity contribution is 6.07. The van der Waals surface area contributed by atoms with E-state index in [-0.39, 0.29) is 11.7 Å². The SMILES string of the molecule is CC1CC1CNC(=O)C1(C(N)=NO)CCC1. The fourth-order valence-electron chi connectivity index (χ4n) is 2.30. The molecule has 5 nitrogen and oxygen atoms in total. The zero-order valence-corrected chi connectivity index (χ0v) is 9.57. The predicted molar refractivity (Wildman–Crippen MR) is 60.0 cm³/mol. The third-order valence-electron chi connectivity index (χ3n) is 4.04. The van der Waals surface area contributed by atoms with Crippen LogP contribution in [0.4, 0.5) is 0 Å². The second-order valence-corrected chi connectivity index (χ2v) is 5.10. The van der Waals surface area contributed by atoms with E-state index in [0.717, 1.165) is 18.9 Å². The van der Waals surface area contributed by atoms with Crippen molar-refractivity contribution in [1.82, 2.24) is 5.32 Å². The molecule has 0 aromatic heterocycles. The highest BCUT2D eigenvalue weighted by atomic mass is 16.4. The molecule has 2 rings (SSSR count). The molecule has 2 atom stereocenters. The van der Waals surface area contributed by atoms with Crippen LogP contribution in [0, 0.1) is 17.3 Å². The van der Waals surface area contributed by atoms with Crippen molar-refractivity contribution >= 4 is 11.7 Å². The maximum Gasteiger partial charge on any atom is 0.233 e. The minimum Gasteiger partial charge on any atom is -0.409 e. The molecule has 0 spiro atoms. The van der Waals surface area contributed by atoms with E-state index in [0.29, 0.717) is 18.8 Å². The largest absolute Gasteiger partial charge is 0.409 e. The number of carbonyl (C=O) groups is 1. The highest BCUT2D eigenvalue weighted by Gasteiger charge is 2.48. The molecular weight excluding hydrogens is 206 g/mol. The molecule has 2 aliphatic rings. The zero-order valence-electron chi connectivity index (χ0n) is 9.57. The van der Waals surface area contributed by atoms with E-state index in [1.165, 1.54) is 6.42 Å². The van der Waals surface area contributed by atoms with E-state index in [4.69, 9.17) is 10.9 Å². The number of oxime groups is 1. The van der Waals surface area contributed by atoms with Gasteiger partial charge in [0.15, 0.2) is 5.84 Å². The van der Waals surface area contributed by atoms with Crippen LogP contribution in [0.25, 0.3) is 0 Å². The summed E-state index contributed by atoms with van der Waals surface area (Å²) in [7, 11) is 0. The van der Waals surface area contributed by atoms with E-state index in [9.17, 15) is 4.79 Å². The lowest BCUT2D eigenvalue weighted by atomic mass is 9.67. The molecule has 5 heteroatoms. The Hall–Kier alpha value is -1.26. The average Bonchev–Trinajstić information content (AvgIpc) is 2.89. The van der Waals surface area contributed by atoms with Crippen molar-refractivity contribution in [2.24, 2.45) is 28.1 Å². The van der Waals surface area contributed by atoms with Gasteiger partial charge in [-0.1, -0.05) is 18.5 Å². The molecule has 90 valence electrons. The summed E-state index contributed by atoms with van der Waals surface area (Å²) < 4.78 is 0. The number of rotatable bonds is 4. The fraction of sp³-hybridized carbons (Fsp3) is 0.818. The van der Waals surface area contributed by atoms with Gasteiger partial charge in [-0.3, -0.25) is 4.79 Å². The molecule has 2 saturated carbocycles. The Bertz CT molecular complexity index is 323.